The lowest BCUT2D eigenvalue weighted by Gasteiger charge is -2.19. The minimum absolute atomic E-state index is 0.0180. The molecule has 2 aromatic rings. The molecule has 23 heavy (non-hydrogen) atoms. The molecule has 0 saturated heterocycles. The summed E-state index contributed by atoms with van der Waals surface area (Å²) in [6.07, 6.45) is 5.01. The third-order valence-corrected chi connectivity index (χ3v) is 4.24. The van der Waals surface area contributed by atoms with Crippen molar-refractivity contribution in [1.82, 2.24) is 0 Å². The van der Waals surface area contributed by atoms with Crippen LogP contribution in [0, 0.1) is 5.92 Å². The Labute approximate surface area is 133 Å². The Kier molecular flexibility index (Phi) is 4.28. The van der Waals surface area contributed by atoms with Crippen LogP contribution in [0.1, 0.15) is 49.4 Å². The summed E-state index contributed by atoms with van der Waals surface area (Å²) in [7, 11) is 0. The lowest BCUT2D eigenvalue weighted by molar-refractivity contribution is -0.139. The number of carbonyl (C=O) groups is 2. The van der Waals surface area contributed by atoms with Crippen molar-refractivity contribution in [3.63, 3.8) is 0 Å². The van der Waals surface area contributed by atoms with Crippen LogP contribution < -0.4 is 10.4 Å². The molecule has 1 fully saturated rings. The first-order valence-corrected chi connectivity index (χ1v) is 7.85. The quantitative estimate of drug-likeness (QED) is 0.375. The standard InChI is InChI=1S/C18H18O5/c1-11(19)15-9-13-7-8-14(10-16(13)23-18(15)21)22-17(20)12-5-3-2-4-6-12/h7-10,12H,2-6H2,1H3. The topological polar surface area (TPSA) is 73.6 Å². The number of hydrogen-bond donors (Lipinski definition) is 0. The summed E-state index contributed by atoms with van der Waals surface area (Å²) in [6, 6.07) is 6.33. The van der Waals surface area contributed by atoms with Crippen LogP contribution >= 0.6 is 0 Å². The molecule has 5 heteroatoms. The number of esters is 1. The van der Waals surface area contributed by atoms with Crippen LogP contribution in [0.2, 0.25) is 0 Å². The Bertz CT molecular complexity index is 812. The molecule has 5 nitrogen and oxygen atoms in total. The highest BCUT2D eigenvalue weighted by molar-refractivity contribution is 5.96. The molecular formula is C18H18O5. The smallest absolute Gasteiger partial charge is 0.347 e. The van der Waals surface area contributed by atoms with E-state index in [-0.39, 0.29) is 23.2 Å². The zero-order valence-corrected chi connectivity index (χ0v) is 13.0. The summed E-state index contributed by atoms with van der Waals surface area (Å²) in [5.41, 5.74) is -0.362. The number of ether oxygens (including phenoxy) is 1. The summed E-state index contributed by atoms with van der Waals surface area (Å²) >= 11 is 0. The fraction of sp³-hybridized carbons (Fsp3) is 0.389. The number of fused-ring (bicyclic) bond motifs is 1. The van der Waals surface area contributed by atoms with Gasteiger partial charge in [-0.2, -0.15) is 0 Å². The summed E-state index contributed by atoms with van der Waals surface area (Å²) in [4.78, 5) is 35.3. The second-order valence-corrected chi connectivity index (χ2v) is 5.96. The van der Waals surface area contributed by atoms with Crippen LogP contribution in [0.4, 0.5) is 0 Å². The third-order valence-electron chi connectivity index (χ3n) is 4.24. The van der Waals surface area contributed by atoms with Gasteiger partial charge in [-0.25, -0.2) is 4.79 Å². The number of rotatable bonds is 3. The number of carbonyl (C=O) groups excluding carboxylic acids is 2. The molecule has 0 spiro atoms. The van der Waals surface area contributed by atoms with Gasteiger partial charge in [0.05, 0.1) is 5.92 Å². The predicted molar refractivity (Wildman–Crippen MR) is 84.7 cm³/mol. The maximum Gasteiger partial charge on any atom is 0.347 e. The van der Waals surface area contributed by atoms with Gasteiger partial charge in [0.1, 0.15) is 16.9 Å². The van der Waals surface area contributed by atoms with Crippen molar-refractivity contribution in [3.05, 3.63) is 40.2 Å². The van der Waals surface area contributed by atoms with Gasteiger partial charge in [0.2, 0.25) is 0 Å². The van der Waals surface area contributed by atoms with Crippen molar-refractivity contribution >= 4 is 22.7 Å². The van der Waals surface area contributed by atoms with Crippen LogP contribution in [0.3, 0.4) is 0 Å². The Morgan fingerprint density at radius 1 is 1.13 bits per heavy atom. The van der Waals surface area contributed by atoms with Crippen LogP contribution in [0.5, 0.6) is 5.75 Å². The lowest BCUT2D eigenvalue weighted by Crippen LogP contribution is -2.22. The zero-order chi connectivity index (χ0) is 16.4. The van der Waals surface area contributed by atoms with E-state index in [2.05, 4.69) is 0 Å². The van der Waals surface area contributed by atoms with E-state index in [1.807, 2.05) is 0 Å². The largest absolute Gasteiger partial charge is 0.426 e. The first-order chi connectivity index (χ1) is 11.0. The van der Waals surface area contributed by atoms with Gasteiger partial charge < -0.3 is 9.15 Å². The Balaban J connectivity index is 1.85. The number of hydrogen-bond acceptors (Lipinski definition) is 5. The Hall–Kier alpha value is -2.43. The van der Waals surface area contributed by atoms with Gasteiger partial charge in [0.15, 0.2) is 5.78 Å². The third kappa shape index (κ3) is 3.33. The highest BCUT2D eigenvalue weighted by atomic mass is 16.5. The molecule has 0 bridgehead atoms. The SMILES string of the molecule is CC(=O)c1cc2ccc(OC(=O)C3CCCCC3)cc2oc1=O. The van der Waals surface area contributed by atoms with E-state index in [1.54, 1.807) is 12.1 Å². The van der Waals surface area contributed by atoms with E-state index >= 15 is 0 Å². The minimum Gasteiger partial charge on any atom is -0.426 e. The molecule has 0 atom stereocenters. The van der Waals surface area contributed by atoms with Gasteiger partial charge in [0, 0.05) is 11.5 Å². The summed E-state index contributed by atoms with van der Waals surface area (Å²) in [5, 5.41) is 0.618. The summed E-state index contributed by atoms with van der Waals surface area (Å²) < 4.78 is 10.6. The Morgan fingerprint density at radius 3 is 2.57 bits per heavy atom. The minimum atomic E-state index is -0.680. The molecule has 1 saturated carbocycles. The average Bonchev–Trinajstić information content (AvgIpc) is 2.54. The molecule has 0 aliphatic heterocycles. The Morgan fingerprint density at radius 2 is 1.87 bits per heavy atom. The second-order valence-electron chi connectivity index (χ2n) is 5.96. The molecule has 1 aliphatic carbocycles. The van der Waals surface area contributed by atoms with E-state index in [1.165, 1.54) is 25.5 Å². The fourth-order valence-electron chi connectivity index (χ4n) is 2.94. The van der Waals surface area contributed by atoms with Crippen molar-refractivity contribution in [1.29, 1.82) is 0 Å². The zero-order valence-electron chi connectivity index (χ0n) is 13.0. The summed E-state index contributed by atoms with van der Waals surface area (Å²) in [5.74, 6) is -0.265. The molecule has 0 radical (unpaired) electrons. The number of ketones is 1. The van der Waals surface area contributed by atoms with Gasteiger partial charge in [-0.1, -0.05) is 19.3 Å². The van der Waals surface area contributed by atoms with Gasteiger partial charge in [-0.3, -0.25) is 9.59 Å². The van der Waals surface area contributed by atoms with Crippen molar-refractivity contribution < 1.29 is 18.7 Å². The van der Waals surface area contributed by atoms with E-state index < -0.39 is 5.63 Å². The molecule has 0 N–H and O–H groups in total. The van der Waals surface area contributed by atoms with E-state index in [0.717, 1.165) is 25.7 Å². The van der Waals surface area contributed by atoms with Crippen molar-refractivity contribution in [2.75, 3.05) is 0 Å². The van der Waals surface area contributed by atoms with Crippen LogP contribution in [0.25, 0.3) is 11.0 Å². The van der Waals surface area contributed by atoms with Gasteiger partial charge in [-0.05, 0) is 38.0 Å². The molecule has 0 amide bonds. The summed E-state index contributed by atoms with van der Waals surface area (Å²) in [6.45, 7) is 1.32. The van der Waals surface area contributed by atoms with E-state index in [9.17, 15) is 14.4 Å². The normalized spacial score (nSPS) is 15.5. The maximum atomic E-state index is 12.2. The molecule has 120 valence electrons. The highest BCUT2D eigenvalue weighted by Gasteiger charge is 2.23. The fourth-order valence-corrected chi connectivity index (χ4v) is 2.94. The van der Waals surface area contributed by atoms with Crippen molar-refractivity contribution in [3.8, 4) is 5.75 Å². The maximum absolute atomic E-state index is 12.2. The molecule has 1 heterocycles. The molecular weight excluding hydrogens is 296 g/mol. The molecule has 1 aromatic carbocycles. The number of benzene rings is 1. The lowest BCUT2D eigenvalue weighted by atomic mass is 9.89. The van der Waals surface area contributed by atoms with Gasteiger partial charge >= 0.3 is 11.6 Å². The van der Waals surface area contributed by atoms with Crippen molar-refractivity contribution in [2.24, 2.45) is 5.92 Å². The molecule has 1 aliphatic rings. The molecule has 0 unspecified atom stereocenters. The van der Waals surface area contributed by atoms with Crippen LogP contribution in [0.15, 0.2) is 33.5 Å². The second kappa shape index (κ2) is 6.36. The first-order valence-electron chi connectivity index (χ1n) is 7.85. The van der Waals surface area contributed by atoms with E-state index in [4.69, 9.17) is 9.15 Å². The monoisotopic (exact) mass is 314 g/mol. The molecule has 1 aromatic heterocycles. The van der Waals surface area contributed by atoms with E-state index in [0.29, 0.717) is 16.7 Å². The highest BCUT2D eigenvalue weighted by Crippen LogP contribution is 2.27. The first kappa shape index (κ1) is 15.5. The van der Waals surface area contributed by atoms with Crippen LogP contribution in [-0.4, -0.2) is 11.8 Å². The number of Topliss-reactive ketones (excluding diaryl/α,β-unsaturated/α-hetero) is 1. The van der Waals surface area contributed by atoms with Gasteiger partial charge in [-0.15, -0.1) is 0 Å². The van der Waals surface area contributed by atoms with Gasteiger partial charge in [0.25, 0.3) is 0 Å². The average molecular weight is 314 g/mol. The predicted octanol–water partition coefficient (Wildman–Crippen LogP) is 3.48. The molecule has 3 rings (SSSR count). The van der Waals surface area contributed by atoms with Crippen molar-refractivity contribution in [2.45, 2.75) is 39.0 Å². The van der Waals surface area contributed by atoms with Crippen LogP contribution in [-0.2, 0) is 4.79 Å².